The van der Waals surface area contributed by atoms with Crippen LogP contribution in [0, 0.1) is 5.92 Å². The first kappa shape index (κ1) is 16.5. The molecule has 0 aromatic heterocycles. The van der Waals surface area contributed by atoms with Gasteiger partial charge in [0.25, 0.3) is 0 Å². The van der Waals surface area contributed by atoms with E-state index in [1.54, 1.807) is 0 Å². The predicted molar refractivity (Wildman–Crippen MR) is 88.3 cm³/mol. The monoisotopic (exact) mass is 290 g/mol. The van der Waals surface area contributed by atoms with Gasteiger partial charge in [-0.1, -0.05) is 31.2 Å². The van der Waals surface area contributed by atoms with Crippen molar-refractivity contribution in [2.24, 2.45) is 5.92 Å². The molecule has 1 N–H and O–H groups in total. The largest absolute Gasteiger partial charge is 0.381 e. The molecule has 0 aliphatic carbocycles. The minimum atomic E-state index is 0.800. The lowest BCUT2D eigenvalue weighted by atomic mass is 9.99. The smallest absolute Gasteiger partial charge is 0.0469 e. The van der Waals surface area contributed by atoms with Gasteiger partial charge in [-0.05, 0) is 49.9 Å². The molecular weight excluding hydrogens is 260 g/mol. The molecule has 21 heavy (non-hydrogen) atoms. The Labute approximate surface area is 129 Å². The topological polar surface area (TPSA) is 24.5 Å². The second kappa shape index (κ2) is 9.19. The number of benzene rings is 1. The fraction of sp³-hybridized carbons (Fsp3) is 0.667. The van der Waals surface area contributed by atoms with Gasteiger partial charge in [0.1, 0.15) is 0 Å². The predicted octanol–water partition coefficient (Wildman–Crippen LogP) is 3.04. The van der Waals surface area contributed by atoms with Gasteiger partial charge in [-0.3, -0.25) is 0 Å². The van der Waals surface area contributed by atoms with Crippen LogP contribution in [0.25, 0.3) is 0 Å². The maximum absolute atomic E-state index is 5.45. The molecule has 1 aromatic carbocycles. The van der Waals surface area contributed by atoms with E-state index in [9.17, 15) is 0 Å². The maximum Gasteiger partial charge on any atom is 0.0469 e. The zero-order valence-electron chi connectivity index (χ0n) is 13.6. The summed E-state index contributed by atoms with van der Waals surface area (Å²) >= 11 is 0. The highest BCUT2D eigenvalue weighted by atomic mass is 16.5. The standard InChI is InChI=1S/C18H30N2O/c1-3-10-19-13-17-6-4-5-7-18(17)15-20(2)14-16-8-11-21-12-9-16/h4-7,16,19H,3,8-15H2,1-2H3. The van der Waals surface area contributed by atoms with Crippen molar-refractivity contribution in [3.05, 3.63) is 35.4 Å². The molecule has 3 nitrogen and oxygen atoms in total. The van der Waals surface area contributed by atoms with Crippen molar-refractivity contribution in [1.29, 1.82) is 0 Å². The summed E-state index contributed by atoms with van der Waals surface area (Å²) < 4.78 is 5.45. The summed E-state index contributed by atoms with van der Waals surface area (Å²) in [5.74, 6) is 0.800. The van der Waals surface area contributed by atoms with E-state index in [0.717, 1.165) is 38.8 Å². The van der Waals surface area contributed by atoms with E-state index in [1.807, 2.05) is 0 Å². The Morgan fingerprint density at radius 2 is 1.90 bits per heavy atom. The van der Waals surface area contributed by atoms with Crippen LogP contribution in [0.1, 0.15) is 37.3 Å². The Morgan fingerprint density at radius 1 is 1.19 bits per heavy atom. The quantitative estimate of drug-likeness (QED) is 0.745. The minimum Gasteiger partial charge on any atom is -0.381 e. The second-order valence-electron chi connectivity index (χ2n) is 6.20. The van der Waals surface area contributed by atoms with Gasteiger partial charge in [0.05, 0.1) is 0 Å². The van der Waals surface area contributed by atoms with E-state index in [4.69, 9.17) is 4.74 Å². The zero-order chi connectivity index (χ0) is 14.9. The molecule has 1 aliphatic rings. The Hall–Kier alpha value is -0.900. The van der Waals surface area contributed by atoms with Crippen LogP contribution in [0.15, 0.2) is 24.3 Å². The van der Waals surface area contributed by atoms with E-state index in [0.29, 0.717) is 0 Å². The van der Waals surface area contributed by atoms with Crippen molar-refractivity contribution in [1.82, 2.24) is 10.2 Å². The third kappa shape index (κ3) is 5.77. The lowest BCUT2D eigenvalue weighted by Gasteiger charge is -2.27. The van der Waals surface area contributed by atoms with Gasteiger partial charge in [0.15, 0.2) is 0 Å². The second-order valence-corrected chi connectivity index (χ2v) is 6.20. The molecule has 0 amide bonds. The van der Waals surface area contributed by atoms with Gasteiger partial charge in [-0.15, -0.1) is 0 Å². The summed E-state index contributed by atoms with van der Waals surface area (Å²) in [5.41, 5.74) is 2.89. The minimum absolute atomic E-state index is 0.800. The average Bonchev–Trinajstić information content (AvgIpc) is 2.50. The number of hydrogen-bond donors (Lipinski definition) is 1. The summed E-state index contributed by atoms with van der Waals surface area (Å²) in [6.07, 6.45) is 3.61. The van der Waals surface area contributed by atoms with Gasteiger partial charge in [-0.25, -0.2) is 0 Å². The van der Waals surface area contributed by atoms with E-state index < -0.39 is 0 Å². The van der Waals surface area contributed by atoms with Gasteiger partial charge in [0, 0.05) is 32.8 Å². The molecular formula is C18H30N2O. The van der Waals surface area contributed by atoms with E-state index in [2.05, 4.69) is 48.5 Å². The summed E-state index contributed by atoms with van der Waals surface area (Å²) in [6, 6.07) is 8.82. The summed E-state index contributed by atoms with van der Waals surface area (Å²) in [6.45, 7) is 8.38. The molecule has 1 fully saturated rings. The number of nitrogens with zero attached hydrogens (tertiary/aromatic N) is 1. The van der Waals surface area contributed by atoms with Crippen molar-refractivity contribution < 1.29 is 4.74 Å². The van der Waals surface area contributed by atoms with Crippen molar-refractivity contribution in [2.75, 3.05) is 33.4 Å². The molecule has 1 heterocycles. The summed E-state index contributed by atoms with van der Waals surface area (Å²) in [7, 11) is 2.24. The van der Waals surface area contributed by atoms with Crippen LogP contribution in [0.4, 0.5) is 0 Å². The molecule has 0 unspecified atom stereocenters. The fourth-order valence-electron chi connectivity index (χ4n) is 3.01. The molecule has 0 radical (unpaired) electrons. The molecule has 0 saturated carbocycles. The molecule has 0 spiro atoms. The zero-order valence-corrected chi connectivity index (χ0v) is 13.6. The molecule has 1 aliphatic heterocycles. The number of nitrogens with one attached hydrogen (secondary N) is 1. The first-order chi connectivity index (χ1) is 10.3. The number of hydrogen-bond acceptors (Lipinski definition) is 3. The van der Waals surface area contributed by atoms with Crippen LogP contribution in [0.2, 0.25) is 0 Å². The third-order valence-electron chi connectivity index (χ3n) is 4.21. The van der Waals surface area contributed by atoms with Crippen LogP contribution < -0.4 is 5.32 Å². The first-order valence-corrected chi connectivity index (χ1v) is 8.33. The van der Waals surface area contributed by atoms with E-state index in [-0.39, 0.29) is 0 Å². The number of rotatable bonds is 8. The van der Waals surface area contributed by atoms with Gasteiger partial charge >= 0.3 is 0 Å². The molecule has 118 valence electrons. The van der Waals surface area contributed by atoms with Crippen LogP contribution in [-0.4, -0.2) is 38.3 Å². The highest BCUT2D eigenvalue weighted by molar-refractivity contribution is 5.26. The first-order valence-electron chi connectivity index (χ1n) is 8.33. The average molecular weight is 290 g/mol. The maximum atomic E-state index is 5.45. The van der Waals surface area contributed by atoms with Gasteiger partial charge < -0.3 is 15.0 Å². The van der Waals surface area contributed by atoms with Crippen LogP contribution in [0.3, 0.4) is 0 Å². The van der Waals surface area contributed by atoms with Gasteiger partial charge in [0.2, 0.25) is 0 Å². The number of ether oxygens (including phenoxy) is 1. The normalized spacial score (nSPS) is 16.5. The van der Waals surface area contributed by atoms with E-state index in [1.165, 1.54) is 36.9 Å². The highest BCUT2D eigenvalue weighted by Gasteiger charge is 2.16. The van der Waals surface area contributed by atoms with Gasteiger partial charge in [-0.2, -0.15) is 0 Å². The van der Waals surface area contributed by atoms with Crippen LogP contribution in [-0.2, 0) is 17.8 Å². The SMILES string of the molecule is CCCNCc1ccccc1CN(C)CC1CCOCC1. The van der Waals surface area contributed by atoms with Crippen molar-refractivity contribution in [2.45, 2.75) is 39.3 Å². The highest BCUT2D eigenvalue weighted by Crippen LogP contribution is 2.17. The Balaban J connectivity index is 1.85. The lowest BCUT2D eigenvalue weighted by Crippen LogP contribution is -2.29. The Kier molecular flexibility index (Phi) is 7.20. The van der Waals surface area contributed by atoms with Crippen LogP contribution >= 0.6 is 0 Å². The Bertz CT molecular complexity index is 402. The molecule has 1 saturated heterocycles. The summed E-state index contributed by atoms with van der Waals surface area (Å²) in [4.78, 5) is 2.47. The third-order valence-corrected chi connectivity index (χ3v) is 4.21. The van der Waals surface area contributed by atoms with Crippen molar-refractivity contribution in [3.63, 3.8) is 0 Å². The molecule has 0 bridgehead atoms. The van der Waals surface area contributed by atoms with E-state index >= 15 is 0 Å². The Morgan fingerprint density at radius 3 is 2.62 bits per heavy atom. The van der Waals surface area contributed by atoms with Crippen molar-refractivity contribution in [3.8, 4) is 0 Å². The fourth-order valence-corrected chi connectivity index (χ4v) is 3.01. The van der Waals surface area contributed by atoms with Crippen LogP contribution in [0.5, 0.6) is 0 Å². The molecule has 0 atom stereocenters. The summed E-state index contributed by atoms with van der Waals surface area (Å²) in [5, 5.41) is 3.51. The molecule has 2 rings (SSSR count). The molecule has 1 aromatic rings. The van der Waals surface area contributed by atoms with Crippen molar-refractivity contribution >= 4 is 0 Å². The molecule has 3 heteroatoms. The lowest BCUT2D eigenvalue weighted by molar-refractivity contribution is 0.0549.